The largest absolute Gasteiger partial charge is 0.481 e. The number of hydrogen-bond donors (Lipinski definition) is 4. The Kier molecular flexibility index (Phi) is 5.54. The van der Waals surface area contributed by atoms with E-state index < -0.39 is 24.0 Å². The second-order valence-corrected chi connectivity index (χ2v) is 5.32. The van der Waals surface area contributed by atoms with Crippen LogP contribution in [0.5, 0.6) is 0 Å². The summed E-state index contributed by atoms with van der Waals surface area (Å²) in [6.07, 6.45) is -0.440. The number of carbonyl (C=O) groups excluding carboxylic acids is 1. The van der Waals surface area contributed by atoms with Crippen LogP contribution in [-0.4, -0.2) is 48.5 Å². The summed E-state index contributed by atoms with van der Waals surface area (Å²) in [7, 11) is 3.83. The van der Waals surface area contributed by atoms with E-state index >= 15 is 0 Å². The van der Waals surface area contributed by atoms with Gasteiger partial charge in [-0.25, -0.2) is 4.79 Å². The molecular weight excluding hydrogens is 274 g/mol. The van der Waals surface area contributed by atoms with Gasteiger partial charge in [-0.2, -0.15) is 0 Å². The van der Waals surface area contributed by atoms with Crippen molar-refractivity contribution in [3.63, 3.8) is 0 Å². The molecule has 7 heteroatoms. The topological polar surface area (TPSA) is 102 Å². The number of hydrogen-bond acceptors (Lipinski definition) is 4. The third kappa shape index (κ3) is 6.13. The highest BCUT2D eigenvalue weighted by Gasteiger charge is 2.24. The molecule has 0 aliphatic carbocycles. The van der Waals surface area contributed by atoms with E-state index in [1.54, 1.807) is 12.1 Å². The predicted molar refractivity (Wildman–Crippen MR) is 80.7 cm³/mol. The first-order valence-corrected chi connectivity index (χ1v) is 6.46. The van der Waals surface area contributed by atoms with Gasteiger partial charge in [0.2, 0.25) is 0 Å². The van der Waals surface area contributed by atoms with Crippen molar-refractivity contribution < 1.29 is 19.8 Å². The molecule has 0 spiro atoms. The van der Waals surface area contributed by atoms with Gasteiger partial charge in [-0.15, -0.1) is 0 Å². The summed E-state index contributed by atoms with van der Waals surface area (Å²) in [4.78, 5) is 24.2. The Balaban J connectivity index is 2.48. The minimum atomic E-state index is -1.49. The Bertz CT molecular complexity index is 497. The van der Waals surface area contributed by atoms with Crippen molar-refractivity contribution in [3.8, 4) is 0 Å². The van der Waals surface area contributed by atoms with Gasteiger partial charge in [0.1, 0.15) is 0 Å². The lowest BCUT2D eigenvalue weighted by molar-refractivity contribution is -0.141. The lowest BCUT2D eigenvalue weighted by atomic mass is 10.0. The van der Waals surface area contributed by atoms with E-state index in [1.165, 1.54) is 6.92 Å². The molecule has 2 amide bonds. The SMILES string of the molecule is CN(C)c1ccc(NC(=O)NCC(C)(O)CC(=O)O)cc1. The molecule has 0 bridgehead atoms. The number of carboxylic acid groups (broad SMARTS) is 1. The molecule has 0 aromatic heterocycles. The molecule has 0 heterocycles. The van der Waals surface area contributed by atoms with Crippen LogP contribution < -0.4 is 15.5 Å². The molecule has 0 saturated carbocycles. The molecule has 4 N–H and O–H groups in total. The van der Waals surface area contributed by atoms with Crippen molar-refractivity contribution in [2.75, 3.05) is 30.9 Å². The van der Waals surface area contributed by atoms with E-state index in [-0.39, 0.29) is 6.54 Å². The predicted octanol–water partition coefficient (Wildman–Crippen LogP) is 1.10. The highest BCUT2D eigenvalue weighted by Crippen LogP contribution is 2.15. The zero-order chi connectivity index (χ0) is 16.0. The summed E-state index contributed by atoms with van der Waals surface area (Å²) in [5.41, 5.74) is 0.124. The van der Waals surface area contributed by atoms with Crippen LogP contribution >= 0.6 is 0 Å². The Labute approximate surface area is 123 Å². The fourth-order valence-electron chi connectivity index (χ4n) is 1.68. The quantitative estimate of drug-likeness (QED) is 0.629. The zero-order valence-corrected chi connectivity index (χ0v) is 12.4. The molecule has 7 nitrogen and oxygen atoms in total. The second kappa shape index (κ2) is 6.94. The fraction of sp³-hybridized carbons (Fsp3) is 0.429. The van der Waals surface area contributed by atoms with Gasteiger partial charge >= 0.3 is 12.0 Å². The molecular formula is C14H21N3O4. The number of nitrogens with zero attached hydrogens (tertiary/aromatic N) is 1. The lowest BCUT2D eigenvalue weighted by Gasteiger charge is -2.21. The number of anilines is 2. The molecule has 0 saturated heterocycles. The molecule has 21 heavy (non-hydrogen) atoms. The third-order valence-electron chi connectivity index (χ3n) is 2.80. The fourth-order valence-corrected chi connectivity index (χ4v) is 1.68. The number of aliphatic carboxylic acids is 1. The maximum absolute atomic E-state index is 11.7. The van der Waals surface area contributed by atoms with E-state index in [9.17, 15) is 14.7 Å². The maximum atomic E-state index is 11.7. The standard InChI is InChI=1S/C14H21N3O4/c1-14(21,8-12(18)19)9-15-13(20)16-10-4-6-11(7-5-10)17(2)3/h4-7,21H,8-9H2,1-3H3,(H,18,19)(H2,15,16,20). The van der Waals surface area contributed by atoms with Crippen LogP contribution in [0.4, 0.5) is 16.2 Å². The number of nitrogens with one attached hydrogen (secondary N) is 2. The number of amides is 2. The van der Waals surface area contributed by atoms with Gasteiger partial charge < -0.3 is 25.7 Å². The molecule has 1 aromatic carbocycles. The Morgan fingerprint density at radius 2 is 1.81 bits per heavy atom. The average Bonchev–Trinajstić information content (AvgIpc) is 2.36. The third-order valence-corrected chi connectivity index (χ3v) is 2.80. The van der Waals surface area contributed by atoms with Crippen LogP contribution in [0.2, 0.25) is 0 Å². The highest BCUT2D eigenvalue weighted by atomic mass is 16.4. The molecule has 1 unspecified atom stereocenters. The van der Waals surface area contributed by atoms with Crippen molar-refractivity contribution in [1.82, 2.24) is 5.32 Å². The van der Waals surface area contributed by atoms with Gasteiger partial charge in [-0.3, -0.25) is 4.79 Å². The summed E-state index contributed by atoms with van der Waals surface area (Å²) >= 11 is 0. The summed E-state index contributed by atoms with van der Waals surface area (Å²) in [6.45, 7) is 1.20. The van der Waals surface area contributed by atoms with Gasteiger partial charge in [0.25, 0.3) is 0 Å². The van der Waals surface area contributed by atoms with Crippen LogP contribution in [0.15, 0.2) is 24.3 Å². The summed E-state index contributed by atoms with van der Waals surface area (Å²) in [5.74, 6) is -1.12. The Morgan fingerprint density at radius 1 is 1.24 bits per heavy atom. The molecule has 1 aromatic rings. The highest BCUT2D eigenvalue weighted by molar-refractivity contribution is 5.89. The summed E-state index contributed by atoms with van der Waals surface area (Å²) < 4.78 is 0. The van der Waals surface area contributed by atoms with Crippen molar-refractivity contribution in [3.05, 3.63) is 24.3 Å². The van der Waals surface area contributed by atoms with Crippen molar-refractivity contribution in [2.45, 2.75) is 18.9 Å². The number of urea groups is 1. The number of carbonyl (C=O) groups is 2. The van der Waals surface area contributed by atoms with E-state index in [1.807, 2.05) is 31.1 Å². The monoisotopic (exact) mass is 295 g/mol. The minimum Gasteiger partial charge on any atom is -0.481 e. The van der Waals surface area contributed by atoms with E-state index in [4.69, 9.17) is 5.11 Å². The Morgan fingerprint density at radius 3 is 2.29 bits per heavy atom. The van der Waals surface area contributed by atoms with Crippen LogP contribution in [0, 0.1) is 0 Å². The Hall–Kier alpha value is -2.28. The van der Waals surface area contributed by atoms with Crippen molar-refractivity contribution >= 4 is 23.4 Å². The van der Waals surface area contributed by atoms with Gasteiger partial charge in [0, 0.05) is 32.0 Å². The number of aliphatic hydroxyl groups is 1. The maximum Gasteiger partial charge on any atom is 0.319 e. The zero-order valence-electron chi connectivity index (χ0n) is 12.4. The number of rotatable bonds is 6. The van der Waals surface area contributed by atoms with Crippen LogP contribution in [-0.2, 0) is 4.79 Å². The van der Waals surface area contributed by atoms with Gasteiger partial charge in [-0.1, -0.05) is 0 Å². The summed E-state index contributed by atoms with van der Waals surface area (Å²) in [5, 5.41) is 23.4. The van der Waals surface area contributed by atoms with Crippen LogP contribution in [0.25, 0.3) is 0 Å². The summed E-state index contributed by atoms with van der Waals surface area (Å²) in [6, 6.07) is 6.72. The minimum absolute atomic E-state index is 0.152. The molecule has 1 atom stereocenters. The first-order valence-electron chi connectivity index (χ1n) is 6.46. The number of benzene rings is 1. The smallest absolute Gasteiger partial charge is 0.319 e. The first-order chi connectivity index (χ1) is 9.69. The molecule has 0 fully saturated rings. The molecule has 0 aliphatic heterocycles. The van der Waals surface area contributed by atoms with Gasteiger partial charge in [0.15, 0.2) is 0 Å². The lowest BCUT2D eigenvalue weighted by Crippen LogP contribution is -2.43. The molecule has 0 aliphatic rings. The van der Waals surface area contributed by atoms with Crippen molar-refractivity contribution in [1.29, 1.82) is 0 Å². The van der Waals surface area contributed by atoms with Gasteiger partial charge in [-0.05, 0) is 31.2 Å². The molecule has 116 valence electrons. The molecule has 1 rings (SSSR count). The van der Waals surface area contributed by atoms with Crippen molar-refractivity contribution in [2.24, 2.45) is 0 Å². The van der Waals surface area contributed by atoms with Crippen LogP contribution in [0.3, 0.4) is 0 Å². The van der Waals surface area contributed by atoms with Crippen LogP contribution in [0.1, 0.15) is 13.3 Å². The molecule has 0 radical (unpaired) electrons. The normalized spacial score (nSPS) is 13.1. The van der Waals surface area contributed by atoms with Gasteiger partial charge in [0.05, 0.1) is 12.0 Å². The average molecular weight is 295 g/mol. The number of carboxylic acids is 1. The second-order valence-electron chi connectivity index (χ2n) is 5.32. The van der Waals surface area contributed by atoms with E-state index in [0.717, 1.165) is 5.69 Å². The first kappa shape index (κ1) is 16.8. The van der Waals surface area contributed by atoms with E-state index in [2.05, 4.69) is 10.6 Å². The van der Waals surface area contributed by atoms with E-state index in [0.29, 0.717) is 5.69 Å².